The SMILES string of the molecule is COc1ccc(CCNC(=O)[C@H](OC(C)=O)[C@@H](OC(C)=O)C(=O)NCCc2ccc(OC)c(OC)c2)cc1OC. The molecule has 2 atom stereocenters. The van der Waals surface area contributed by atoms with Gasteiger partial charge in [0.05, 0.1) is 28.4 Å². The summed E-state index contributed by atoms with van der Waals surface area (Å²) in [6, 6.07) is 10.6. The summed E-state index contributed by atoms with van der Waals surface area (Å²) in [7, 11) is 6.08. The molecule has 0 unspecified atom stereocenters. The monoisotopic (exact) mass is 560 g/mol. The highest BCUT2D eigenvalue weighted by atomic mass is 16.6. The van der Waals surface area contributed by atoms with Crippen molar-refractivity contribution in [3.63, 3.8) is 0 Å². The Kier molecular flexibility index (Phi) is 12.5. The van der Waals surface area contributed by atoms with Gasteiger partial charge in [0, 0.05) is 26.9 Å². The Balaban J connectivity index is 2.08. The molecule has 2 aromatic carbocycles. The smallest absolute Gasteiger partial charge is 0.303 e. The number of esters is 2. The lowest BCUT2D eigenvalue weighted by atomic mass is 10.1. The van der Waals surface area contributed by atoms with Crippen molar-refractivity contribution in [2.75, 3.05) is 41.5 Å². The number of ether oxygens (including phenoxy) is 6. The summed E-state index contributed by atoms with van der Waals surface area (Å²) in [5, 5.41) is 5.26. The molecule has 0 fully saturated rings. The van der Waals surface area contributed by atoms with Crippen molar-refractivity contribution < 1.29 is 47.6 Å². The fraction of sp³-hybridized carbons (Fsp3) is 0.429. The lowest BCUT2D eigenvalue weighted by Crippen LogP contribution is -2.53. The number of hydrogen-bond donors (Lipinski definition) is 2. The third-order valence-electron chi connectivity index (χ3n) is 5.70. The number of methoxy groups -OCH3 is 4. The third kappa shape index (κ3) is 9.37. The standard InChI is InChI=1S/C28H36N2O10/c1-17(31)39-25(27(33)29-13-11-19-7-9-21(35-3)23(15-19)37-5)26(40-18(2)32)28(34)30-14-12-20-8-10-22(36-4)24(16-20)38-6/h7-10,15-16,25-26H,11-14H2,1-6H3,(H,29,33)(H,30,34)/t25-,26-/m1/s1. The van der Waals surface area contributed by atoms with E-state index < -0.39 is 36.0 Å². The largest absolute Gasteiger partial charge is 0.493 e. The lowest BCUT2D eigenvalue weighted by molar-refractivity contribution is -0.174. The Morgan fingerprint density at radius 1 is 0.600 bits per heavy atom. The molecule has 0 bridgehead atoms. The number of benzene rings is 2. The fourth-order valence-electron chi connectivity index (χ4n) is 3.80. The maximum atomic E-state index is 13.0. The van der Waals surface area contributed by atoms with E-state index in [1.165, 1.54) is 28.4 Å². The van der Waals surface area contributed by atoms with Crippen molar-refractivity contribution in [2.45, 2.75) is 38.9 Å². The van der Waals surface area contributed by atoms with Gasteiger partial charge in [-0.15, -0.1) is 0 Å². The topological polar surface area (TPSA) is 148 Å². The van der Waals surface area contributed by atoms with Crippen LogP contribution in [0.2, 0.25) is 0 Å². The number of carbonyl (C=O) groups is 4. The lowest BCUT2D eigenvalue weighted by Gasteiger charge is -2.25. The molecule has 0 radical (unpaired) electrons. The van der Waals surface area contributed by atoms with Gasteiger partial charge in [-0.25, -0.2) is 0 Å². The van der Waals surface area contributed by atoms with E-state index in [0.717, 1.165) is 25.0 Å². The van der Waals surface area contributed by atoms with Gasteiger partial charge in [0.15, 0.2) is 23.0 Å². The van der Waals surface area contributed by atoms with Crippen LogP contribution in [0.15, 0.2) is 36.4 Å². The zero-order valence-corrected chi connectivity index (χ0v) is 23.5. The molecular weight excluding hydrogens is 524 g/mol. The van der Waals surface area contributed by atoms with Crippen molar-refractivity contribution in [2.24, 2.45) is 0 Å². The van der Waals surface area contributed by atoms with Crippen molar-refractivity contribution in [1.29, 1.82) is 0 Å². The Morgan fingerprint density at radius 3 is 1.25 bits per heavy atom. The van der Waals surface area contributed by atoms with Crippen molar-refractivity contribution in [3.8, 4) is 23.0 Å². The van der Waals surface area contributed by atoms with Gasteiger partial charge in [-0.2, -0.15) is 0 Å². The van der Waals surface area contributed by atoms with Crippen LogP contribution in [0.25, 0.3) is 0 Å². The summed E-state index contributed by atoms with van der Waals surface area (Å²) in [4.78, 5) is 49.6. The Bertz CT molecular complexity index is 1090. The highest BCUT2D eigenvalue weighted by Crippen LogP contribution is 2.28. The van der Waals surface area contributed by atoms with Crippen LogP contribution in [0.1, 0.15) is 25.0 Å². The van der Waals surface area contributed by atoms with Crippen molar-refractivity contribution in [3.05, 3.63) is 47.5 Å². The van der Waals surface area contributed by atoms with Crippen molar-refractivity contribution in [1.82, 2.24) is 10.6 Å². The Morgan fingerprint density at radius 2 is 0.950 bits per heavy atom. The first kappa shape index (κ1) is 31.7. The van der Waals surface area contributed by atoms with Crippen LogP contribution in [-0.4, -0.2) is 77.5 Å². The Hall–Kier alpha value is -4.48. The summed E-state index contributed by atoms with van der Waals surface area (Å²) < 4.78 is 31.3. The highest BCUT2D eigenvalue weighted by Gasteiger charge is 2.39. The molecule has 0 aliphatic carbocycles. The molecule has 0 aliphatic heterocycles. The van der Waals surface area contributed by atoms with Gasteiger partial charge in [-0.3, -0.25) is 19.2 Å². The quantitative estimate of drug-likeness (QED) is 0.308. The molecule has 2 N–H and O–H groups in total. The predicted molar refractivity (Wildman–Crippen MR) is 144 cm³/mol. The van der Waals surface area contributed by atoms with Gasteiger partial charge >= 0.3 is 11.9 Å². The molecule has 218 valence electrons. The molecule has 2 aromatic rings. The van der Waals surface area contributed by atoms with Crippen LogP contribution in [0.5, 0.6) is 23.0 Å². The minimum atomic E-state index is -1.70. The third-order valence-corrected chi connectivity index (χ3v) is 5.70. The number of amides is 2. The summed E-state index contributed by atoms with van der Waals surface area (Å²) in [5.41, 5.74) is 1.68. The van der Waals surface area contributed by atoms with Gasteiger partial charge in [0.2, 0.25) is 12.2 Å². The first-order chi connectivity index (χ1) is 19.1. The summed E-state index contributed by atoms with van der Waals surface area (Å²) in [6.07, 6.45) is -2.61. The number of nitrogens with one attached hydrogen (secondary N) is 2. The predicted octanol–water partition coefficient (Wildman–Crippen LogP) is 1.60. The second-order valence-electron chi connectivity index (χ2n) is 8.52. The number of rotatable bonds is 15. The van der Waals surface area contributed by atoms with Gasteiger partial charge in [0.1, 0.15) is 0 Å². The minimum absolute atomic E-state index is 0.139. The molecular formula is C28H36N2O10. The average molecular weight is 561 g/mol. The van der Waals surface area contributed by atoms with Crippen LogP contribution in [0, 0.1) is 0 Å². The van der Waals surface area contributed by atoms with Crippen molar-refractivity contribution >= 4 is 23.8 Å². The zero-order chi connectivity index (χ0) is 29.7. The van der Waals surface area contributed by atoms with E-state index in [2.05, 4.69) is 10.6 Å². The highest BCUT2D eigenvalue weighted by molar-refractivity contribution is 5.93. The van der Waals surface area contributed by atoms with Crippen LogP contribution >= 0.6 is 0 Å². The maximum Gasteiger partial charge on any atom is 0.303 e. The summed E-state index contributed by atoms with van der Waals surface area (Å²) in [6.45, 7) is 2.45. The second-order valence-corrected chi connectivity index (χ2v) is 8.52. The first-order valence-electron chi connectivity index (χ1n) is 12.4. The molecule has 12 nitrogen and oxygen atoms in total. The fourth-order valence-corrected chi connectivity index (χ4v) is 3.80. The molecule has 12 heteroatoms. The average Bonchev–Trinajstić information content (AvgIpc) is 2.94. The normalized spacial score (nSPS) is 11.8. The van der Waals surface area contributed by atoms with E-state index in [1.807, 2.05) is 12.1 Å². The number of carbonyl (C=O) groups excluding carboxylic acids is 4. The molecule has 0 saturated heterocycles. The van der Waals surface area contributed by atoms with E-state index in [1.54, 1.807) is 24.3 Å². The molecule has 2 amide bonds. The van der Waals surface area contributed by atoms with Crippen LogP contribution < -0.4 is 29.6 Å². The van der Waals surface area contributed by atoms with E-state index in [9.17, 15) is 19.2 Å². The zero-order valence-electron chi connectivity index (χ0n) is 23.5. The molecule has 2 rings (SSSR count). The van der Waals surface area contributed by atoms with Crippen LogP contribution in [0.3, 0.4) is 0 Å². The van der Waals surface area contributed by atoms with E-state index in [4.69, 9.17) is 28.4 Å². The van der Waals surface area contributed by atoms with Gasteiger partial charge in [-0.05, 0) is 48.2 Å². The van der Waals surface area contributed by atoms with E-state index in [-0.39, 0.29) is 13.1 Å². The minimum Gasteiger partial charge on any atom is -0.493 e. The van der Waals surface area contributed by atoms with E-state index >= 15 is 0 Å². The van der Waals surface area contributed by atoms with Gasteiger partial charge in [-0.1, -0.05) is 12.1 Å². The van der Waals surface area contributed by atoms with Crippen LogP contribution in [0.4, 0.5) is 0 Å². The first-order valence-corrected chi connectivity index (χ1v) is 12.4. The summed E-state index contributed by atoms with van der Waals surface area (Å²) >= 11 is 0. The molecule has 0 aliphatic rings. The Labute approximate surface area is 233 Å². The van der Waals surface area contributed by atoms with Gasteiger partial charge in [0.25, 0.3) is 11.8 Å². The van der Waals surface area contributed by atoms with Gasteiger partial charge < -0.3 is 39.1 Å². The maximum absolute atomic E-state index is 13.0. The second kappa shape index (κ2) is 15.8. The molecule has 0 spiro atoms. The molecule has 0 saturated carbocycles. The summed E-state index contributed by atoms with van der Waals surface area (Å²) in [5.74, 6) is -1.05. The molecule has 0 heterocycles. The molecule has 0 aromatic heterocycles. The van der Waals surface area contributed by atoms with Crippen LogP contribution in [-0.2, 0) is 41.5 Å². The van der Waals surface area contributed by atoms with E-state index in [0.29, 0.717) is 35.8 Å². The molecule has 40 heavy (non-hydrogen) atoms. The number of hydrogen-bond acceptors (Lipinski definition) is 10.